The highest BCUT2D eigenvalue weighted by atomic mass is 127. The molecule has 1 rings (SSSR count). The van der Waals surface area contributed by atoms with Crippen LogP contribution in [0.5, 0.6) is 0 Å². The first kappa shape index (κ1) is 19.5. The van der Waals surface area contributed by atoms with Crippen molar-refractivity contribution in [3.05, 3.63) is 0 Å². The average Bonchev–Trinajstić information content (AvgIpc) is 2.33. The number of nitrogens with zero attached hydrogens (tertiary/aromatic N) is 1. The second-order valence-electron chi connectivity index (χ2n) is 5.99. The number of hydrogen-bond donors (Lipinski definition) is 2. The van der Waals surface area contributed by atoms with Crippen molar-refractivity contribution >= 4 is 35.9 Å². The van der Waals surface area contributed by atoms with Crippen LogP contribution < -0.4 is 10.6 Å². The van der Waals surface area contributed by atoms with Gasteiger partial charge in [-0.15, -0.1) is 24.0 Å². The van der Waals surface area contributed by atoms with Crippen LogP contribution in [0.4, 0.5) is 0 Å². The molecule has 0 aromatic carbocycles. The molecular weight excluding hydrogens is 369 g/mol. The van der Waals surface area contributed by atoms with E-state index in [0.717, 1.165) is 0 Å². The number of nitrogens with one attached hydrogen (secondary N) is 2. The summed E-state index contributed by atoms with van der Waals surface area (Å²) in [6.45, 7) is 5.73. The topological polar surface area (TPSA) is 62.7 Å². The third-order valence-corrected chi connectivity index (χ3v) is 2.99. The Kier molecular flexibility index (Phi) is 9.16. The Bertz CT molecular complexity index is 321. The lowest BCUT2D eigenvalue weighted by Gasteiger charge is -2.25. The van der Waals surface area contributed by atoms with Crippen LogP contribution in [0.15, 0.2) is 4.99 Å². The molecule has 0 unspecified atom stereocenters. The zero-order chi connectivity index (χ0) is 14.3. The van der Waals surface area contributed by atoms with Crippen LogP contribution in [-0.2, 0) is 9.53 Å². The Labute approximate surface area is 139 Å². The summed E-state index contributed by atoms with van der Waals surface area (Å²) in [7, 11) is 1.72. The molecular formula is C14H28IN3O2. The molecule has 6 heteroatoms. The monoisotopic (exact) mass is 397 g/mol. The maximum Gasteiger partial charge on any atom is 0.325 e. The van der Waals surface area contributed by atoms with E-state index in [9.17, 15) is 4.79 Å². The third-order valence-electron chi connectivity index (χ3n) is 2.99. The van der Waals surface area contributed by atoms with Gasteiger partial charge in [-0.1, -0.05) is 19.3 Å². The lowest BCUT2D eigenvalue weighted by Crippen LogP contribution is -2.46. The van der Waals surface area contributed by atoms with Crippen molar-refractivity contribution in [1.82, 2.24) is 10.6 Å². The van der Waals surface area contributed by atoms with E-state index in [4.69, 9.17) is 4.74 Å². The Balaban J connectivity index is 0.00000361. The van der Waals surface area contributed by atoms with Crippen molar-refractivity contribution in [2.24, 2.45) is 4.99 Å². The van der Waals surface area contributed by atoms with Crippen molar-refractivity contribution in [2.75, 3.05) is 13.6 Å². The van der Waals surface area contributed by atoms with Gasteiger partial charge in [-0.05, 0) is 33.6 Å². The van der Waals surface area contributed by atoms with Crippen LogP contribution in [0.25, 0.3) is 0 Å². The predicted octanol–water partition coefficient (Wildman–Crippen LogP) is 2.44. The van der Waals surface area contributed by atoms with Crippen LogP contribution in [0.1, 0.15) is 52.9 Å². The van der Waals surface area contributed by atoms with Crippen LogP contribution >= 0.6 is 24.0 Å². The summed E-state index contributed by atoms with van der Waals surface area (Å²) < 4.78 is 5.24. The third kappa shape index (κ3) is 8.60. The van der Waals surface area contributed by atoms with Crippen molar-refractivity contribution in [2.45, 2.75) is 64.5 Å². The molecule has 0 aromatic heterocycles. The van der Waals surface area contributed by atoms with Crippen LogP contribution in [0.2, 0.25) is 0 Å². The number of rotatable bonds is 3. The molecule has 0 radical (unpaired) electrons. The molecule has 5 nitrogen and oxygen atoms in total. The number of esters is 1. The van der Waals surface area contributed by atoms with E-state index in [1.54, 1.807) is 7.05 Å². The minimum Gasteiger partial charge on any atom is -0.459 e. The second-order valence-corrected chi connectivity index (χ2v) is 5.99. The molecule has 1 saturated carbocycles. The number of ether oxygens (including phenoxy) is 1. The predicted molar refractivity (Wildman–Crippen MR) is 92.6 cm³/mol. The second kappa shape index (κ2) is 9.41. The fraction of sp³-hybridized carbons (Fsp3) is 0.857. The fourth-order valence-corrected chi connectivity index (χ4v) is 2.17. The maximum absolute atomic E-state index is 11.6. The molecule has 1 aliphatic rings. The number of aliphatic imine (C=N–C) groups is 1. The van der Waals surface area contributed by atoms with E-state index in [2.05, 4.69) is 15.6 Å². The molecule has 1 fully saturated rings. The van der Waals surface area contributed by atoms with Gasteiger partial charge in [-0.2, -0.15) is 0 Å². The van der Waals surface area contributed by atoms with Crippen molar-refractivity contribution < 1.29 is 9.53 Å². The molecule has 1 aliphatic carbocycles. The summed E-state index contributed by atoms with van der Waals surface area (Å²) in [6, 6.07) is 0.471. The molecule has 0 heterocycles. The highest BCUT2D eigenvalue weighted by molar-refractivity contribution is 14.0. The van der Waals surface area contributed by atoms with E-state index in [1.165, 1.54) is 32.1 Å². The van der Waals surface area contributed by atoms with Gasteiger partial charge in [0, 0.05) is 13.1 Å². The van der Waals surface area contributed by atoms with E-state index < -0.39 is 5.60 Å². The van der Waals surface area contributed by atoms with Gasteiger partial charge in [0.2, 0.25) is 0 Å². The first-order valence-electron chi connectivity index (χ1n) is 7.10. The molecule has 0 aromatic rings. The smallest absolute Gasteiger partial charge is 0.325 e. The molecule has 0 saturated heterocycles. The van der Waals surface area contributed by atoms with Gasteiger partial charge < -0.3 is 15.4 Å². The van der Waals surface area contributed by atoms with Crippen molar-refractivity contribution in [3.8, 4) is 0 Å². The minimum absolute atomic E-state index is 0. The SMILES string of the molecule is CN=C(NCC(=O)OC(C)(C)C)NC1CCCCC1.I. The number of carbonyl (C=O) groups is 1. The fourth-order valence-electron chi connectivity index (χ4n) is 2.17. The number of hydrogen-bond acceptors (Lipinski definition) is 3. The number of carbonyl (C=O) groups excluding carboxylic acids is 1. The molecule has 118 valence electrons. The van der Waals surface area contributed by atoms with Gasteiger partial charge in [0.1, 0.15) is 12.1 Å². The van der Waals surface area contributed by atoms with E-state index in [1.807, 2.05) is 20.8 Å². The van der Waals surface area contributed by atoms with Gasteiger partial charge in [-0.25, -0.2) is 0 Å². The highest BCUT2D eigenvalue weighted by Gasteiger charge is 2.18. The Hall–Kier alpha value is -0.530. The quantitative estimate of drug-likeness (QED) is 0.332. The average molecular weight is 397 g/mol. The van der Waals surface area contributed by atoms with Crippen molar-refractivity contribution in [1.29, 1.82) is 0 Å². The summed E-state index contributed by atoms with van der Waals surface area (Å²) in [4.78, 5) is 15.7. The van der Waals surface area contributed by atoms with Gasteiger partial charge >= 0.3 is 5.97 Å². The zero-order valence-corrected chi connectivity index (χ0v) is 15.3. The maximum atomic E-state index is 11.6. The normalized spacial score (nSPS) is 17.1. The van der Waals surface area contributed by atoms with Gasteiger partial charge in [-0.3, -0.25) is 9.79 Å². The van der Waals surface area contributed by atoms with Crippen molar-refractivity contribution in [3.63, 3.8) is 0 Å². The molecule has 0 amide bonds. The summed E-state index contributed by atoms with van der Waals surface area (Å²) in [5.41, 5.74) is -0.445. The summed E-state index contributed by atoms with van der Waals surface area (Å²) in [5.74, 6) is 0.414. The lowest BCUT2D eigenvalue weighted by atomic mass is 9.96. The number of guanidine groups is 1. The van der Waals surface area contributed by atoms with Gasteiger partial charge in [0.05, 0.1) is 0 Å². The number of halogens is 1. The Morgan fingerprint density at radius 3 is 2.35 bits per heavy atom. The Morgan fingerprint density at radius 2 is 1.85 bits per heavy atom. The first-order valence-corrected chi connectivity index (χ1v) is 7.10. The van der Waals surface area contributed by atoms with Crippen LogP contribution in [0.3, 0.4) is 0 Å². The van der Waals surface area contributed by atoms with Crippen LogP contribution in [0, 0.1) is 0 Å². The molecule has 20 heavy (non-hydrogen) atoms. The zero-order valence-electron chi connectivity index (χ0n) is 13.0. The van der Waals surface area contributed by atoms with E-state index >= 15 is 0 Å². The van der Waals surface area contributed by atoms with E-state index in [0.29, 0.717) is 12.0 Å². The largest absolute Gasteiger partial charge is 0.459 e. The van der Waals surface area contributed by atoms with Gasteiger partial charge in [0.25, 0.3) is 0 Å². The summed E-state index contributed by atoms with van der Waals surface area (Å²) in [5, 5.41) is 6.36. The molecule has 0 atom stereocenters. The van der Waals surface area contributed by atoms with Crippen LogP contribution in [-0.4, -0.2) is 37.2 Å². The first-order chi connectivity index (χ1) is 8.90. The molecule has 0 spiro atoms. The summed E-state index contributed by atoms with van der Waals surface area (Å²) in [6.07, 6.45) is 6.20. The minimum atomic E-state index is -0.445. The summed E-state index contributed by atoms with van der Waals surface area (Å²) >= 11 is 0. The molecule has 0 bridgehead atoms. The molecule has 2 N–H and O–H groups in total. The standard InChI is InChI=1S/C14H27N3O2.HI/c1-14(2,3)19-12(18)10-16-13(15-4)17-11-8-6-5-7-9-11;/h11H,5-10H2,1-4H3,(H2,15,16,17);1H. The highest BCUT2D eigenvalue weighted by Crippen LogP contribution is 2.17. The molecule has 0 aliphatic heterocycles. The Morgan fingerprint density at radius 1 is 1.25 bits per heavy atom. The lowest BCUT2D eigenvalue weighted by molar-refractivity contribution is -0.153. The van der Waals surface area contributed by atoms with E-state index in [-0.39, 0.29) is 36.5 Å². The van der Waals surface area contributed by atoms with Gasteiger partial charge in [0.15, 0.2) is 5.96 Å².